The Balaban J connectivity index is 1.76. The van der Waals surface area contributed by atoms with Crippen molar-refractivity contribution in [1.82, 2.24) is 4.98 Å². The van der Waals surface area contributed by atoms with E-state index in [1.165, 1.54) is 30.2 Å². The Kier molecular flexibility index (Phi) is 3.71. The van der Waals surface area contributed by atoms with Crippen molar-refractivity contribution < 1.29 is 14.7 Å². The minimum absolute atomic E-state index is 0.179. The molecule has 3 N–H and O–H groups in total. The summed E-state index contributed by atoms with van der Waals surface area (Å²) in [7, 11) is 0. The zero-order valence-electron chi connectivity index (χ0n) is 14.1. The van der Waals surface area contributed by atoms with Gasteiger partial charge in [-0.15, -0.1) is 0 Å². The average Bonchev–Trinajstić information content (AvgIpc) is 3.15. The molecule has 1 atom stereocenters. The molecule has 1 aliphatic heterocycles. The third-order valence-electron chi connectivity index (χ3n) is 5.22. The van der Waals surface area contributed by atoms with Crippen LogP contribution in [-0.4, -0.2) is 22.0 Å². The van der Waals surface area contributed by atoms with Gasteiger partial charge in [0.15, 0.2) is 0 Å². The number of fused-ring (bicyclic) bond motifs is 2. The Bertz CT molecular complexity index is 908. The van der Waals surface area contributed by atoms with Crippen LogP contribution in [0.15, 0.2) is 24.3 Å². The summed E-state index contributed by atoms with van der Waals surface area (Å²) in [6, 6.07) is 6.84. The fourth-order valence-electron chi connectivity index (χ4n) is 3.91. The molecule has 5 nitrogen and oxygen atoms in total. The Morgan fingerprint density at radius 2 is 2.20 bits per heavy atom. The lowest BCUT2D eigenvalue weighted by molar-refractivity contribution is -0.110. The number of carboxylic acids is 1. The first-order valence-corrected chi connectivity index (χ1v) is 8.69. The number of carbonyl (C=O) groups is 2. The molecule has 4 rings (SSSR count). The van der Waals surface area contributed by atoms with Gasteiger partial charge in [0.2, 0.25) is 0 Å². The largest absolute Gasteiger partial charge is 0.478 e. The smallest absolute Gasteiger partial charge is 0.335 e. The standard InChI is InChI=1S/C20H20N2O3/c1-2-11-4-3-5-17-14(11)9-13(21-17)10-16-15-8-12(20(24)25)6-7-18(15)22-19(16)23/h6-11,21H,2-5H2,1H3,(H,22,23)(H,24,25). The number of anilines is 1. The van der Waals surface area contributed by atoms with Crippen molar-refractivity contribution in [3.8, 4) is 0 Å². The van der Waals surface area contributed by atoms with Gasteiger partial charge in [0.1, 0.15) is 0 Å². The molecule has 0 spiro atoms. The van der Waals surface area contributed by atoms with E-state index in [0.29, 0.717) is 22.7 Å². The van der Waals surface area contributed by atoms with Crippen LogP contribution in [0.3, 0.4) is 0 Å². The molecule has 0 saturated heterocycles. The predicted octanol–water partition coefficient (Wildman–Crippen LogP) is 4.04. The highest BCUT2D eigenvalue weighted by molar-refractivity contribution is 6.35. The van der Waals surface area contributed by atoms with E-state index >= 15 is 0 Å². The molecule has 1 aromatic carbocycles. The molecule has 2 heterocycles. The first-order chi connectivity index (χ1) is 12.1. The molecule has 0 bridgehead atoms. The topological polar surface area (TPSA) is 82.2 Å². The van der Waals surface area contributed by atoms with Crippen LogP contribution in [0.4, 0.5) is 5.69 Å². The maximum absolute atomic E-state index is 12.3. The molecular weight excluding hydrogens is 316 g/mol. The van der Waals surface area contributed by atoms with Crippen LogP contribution in [0.25, 0.3) is 11.6 Å². The number of aromatic nitrogens is 1. The Morgan fingerprint density at radius 3 is 2.96 bits per heavy atom. The van der Waals surface area contributed by atoms with E-state index in [1.807, 2.05) is 6.08 Å². The highest BCUT2D eigenvalue weighted by atomic mass is 16.4. The maximum Gasteiger partial charge on any atom is 0.335 e. The number of carbonyl (C=O) groups excluding carboxylic acids is 1. The SMILES string of the molecule is CCC1CCCc2[nH]c(C=C3C(=O)Nc4ccc(C(=O)O)cc43)cc21. The van der Waals surface area contributed by atoms with Gasteiger partial charge in [-0.2, -0.15) is 0 Å². The fraction of sp³-hybridized carbons (Fsp3) is 0.300. The van der Waals surface area contributed by atoms with Crippen LogP contribution in [0.1, 0.15) is 65.0 Å². The second-order valence-electron chi connectivity index (χ2n) is 6.73. The van der Waals surface area contributed by atoms with Gasteiger partial charge in [-0.05, 0) is 67.5 Å². The Labute approximate surface area is 145 Å². The van der Waals surface area contributed by atoms with Crippen molar-refractivity contribution in [2.24, 2.45) is 0 Å². The van der Waals surface area contributed by atoms with Crippen molar-refractivity contribution in [2.45, 2.75) is 38.5 Å². The molecule has 2 aliphatic rings. The lowest BCUT2D eigenvalue weighted by Crippen LogP contribution is -2.07. The summed E-state index contributed by atoms with van der Waals surface area (Å²) < 4.78 is 0. The number of hydrogen-bond donors (Lipinski definition) is 3. The third kappa shape index (κ3) is 2.65. The van der Waals surface area contributed by atoms with Gasteiger partial charge >= 0.3 is 5.97 Å². The summed E-state index contributed by atoms with van der Waals surface area (Å²) in [5, 5.41) is 12.0. The Hall–Kier alpha value is -2.82. The van der Waals surface area contributed by atoms with Gasteiger partial charge < -0.3 is 15.4 Å². The van der Waals surface area contributed by atoms with E-state index in [9.17, 15) is 14.7 Å². The lowest BCUT2D eigenvalue weighted by Gasteiger charge is -2.20. The highest BCUT2D eigenvalue weighted by Gasteiger charge is 2.26. The van der Waals surface area contributed by atoms with Gasteiger partial charge in [-0.3, -0.25) is 4.79 Å². The minimum atomic E-state index is -0.998. The molecule has 0 saturated carbocycles. The quantitative estimate of drug-likeness (QED) is 0.740. The summed E-state index contributed by atoms with van der Waals surface area (Å²) >= 11 is 0. The van der Waals surface area contributed by atoms with E-state index in [1.54, 1.807) is 12.1 Å². The zero-order valence-corrected chi connectivity index (χ0v) is 14.1. The molecule has 1 amide bonds. The minimum Gasteiger partial charge on any atom is -0.478 e. The third-order valence-corrected chi connectivity index (χ3v) is 5.22. The summed E-state index contributed by atoms with van der Waals surface area (Å²) in [5.41, 5.74) is 5.52. The summed E-state index contributed by atoms with van der Waals surface area (Å²) in [6.07, 6.45) is 6.39. The van der Waals surface area contributed by atoms with E-state index in [-0.39, 0.29) is 11.5 Å². The number of aromatic amines is 1. The second-order valence-corrected chi connectivity index (χ2v) is 6.73. The molecular formula is C20H20N2O3. The number of benzene rings is 1. The van der Waals surface area contributed by atoms with Crippen LogP contribution in [-0.2, 0) is 11.2 Å². The summed E-state index contributed by atoms with van der Waals surface area (Å²) in [6.45, 7) is 2.21. The zero-order chi connectivity index (χ0) is 17.6. The van der Waals surface area contributed by atoms with Gasteiger partial charge in [0.25, 0.3) is 5.91 Å². The number of nitrogens with one attached hydrogen (secondary N) is 2. The molecule has 0 fully saturated rings. The van der Waals surface area contributed by atoms with Crippen molar-refractivity contribution in [3.63, 3.8) is 0 Å². The van der Waals surface area contributed by atoms with E-state index < -0.39 is 5.97 Å². The van der Waals surface area contributed by atoms with Gasteiger partial charge in [-0.25, -0.2) is 4.79 Å². The number of aromatic carboxylic acids is 1. The predicted molar refractivity (Wildman–Crippen MR) is 96.7 cm³/mol. The average molecular weight is 336 g/mol. The van der Waals surface area contributed by atoms with Crippen molar-refractivity contribution in [1.29, 1.82) is 0 Å². The fourth-order valence-corrected chi connectivity index (χ4v) is 3.91. The van der Waals surface area contributed by atoms with Crippen molar-refractivity contribution >= 4 is 29.2 Å². The number of amides is 1. The van der Waals surface area contributed by atoms with Crippen molar-refractivity contribution in [3.05, 3.63) is 52.3 Å². The number of aryl methyl sites for hydroxylation is 1. The van der Waals surface area contributed by atoms with Crippen LogP contribution in [0.2, 0.25) is 0 Å². The highest BCUT2D eigenvalue weighted by Crippen LogP contribution is 2.37. The van der Waals surface area contributed by atoms with Crippen LogP contribution in [0.5, 0.6) is 0 Å². The van der Waals surface area contributed by atoms with Gasteiger partial charge in [0.05, 0.1) is 11.1 Å². The molecule has 0 radical (unpaired) electrons. The van der Waals surface area contributed by atoms with Gasteiger partial charge in [0, 0.05) is 22.6 Å². The number of rotatable bonds is 3. The number of hydrogen-bond acceptors (Lipinski definition) is 2. The van der Waals surface area contributed by atoms with E-state index in [0.717, 1.165) is 18.5 Å². The van der Waals surface area contributed by atoms with Gasteiger partial charge in [-0.1, -0.05) is 6.92 Å². The Morgan fingerprint density at radius 1 is 1.36 bits per heavy atom. The van der Waals surface area contributed by atoms with Crippen molar-refractivity contribution in [2.75, 3.05) is 5.32 Å². The number of carboxylic acid groups (broad SMARTS) is 1. The molecule has 25 heavy (non-hydrogen) atoms. The van der Waals surface area contributed by atoms with Crippen LogP contribution < -0.4 is 5.32 Å². The molecule has 1 unspecified atom stereocenters. The molecule has 128 valence electrons. The lowest BCUT2D eigenvalue weighted by atomic mass is 9.85. The molecule has 2 aromatic rings. The van der Waals surface area contributed by atoms with E-state index in [4.69, 9.17) is 0 Å². The van der Waals surface area contributed by atoms with Crippen LogP contribution in [0, 0.1) is 0 Å². The van der Waals surface area contributed by atoms with Crippen LogP contribution >= 0.6 is 0 Å². The van der Waals surface area contributed by atoms with E-state index in [2.05, 4.69) is 23.3 Å². The molecule has 1 aromatic heterocycles. The first-order valence-electron chi connectivity index (χ1n) is 8.69. The summed E-state index contributed by atoms with van der Waals surface area (Å²) in [4.78, 5) is 27.0. The maximum atomic E-state index is 12.3. The monoisotopic (exact) mass is 336 g/mol. The number of H-pyrrole nitrogens is 1. The normalized spacial score (nSPS) is 20.3. The molecule has 5 heteroatoms. The first kappa shape index (κ1) is 15.7. The second kappa shape index (κ2) is 5.92. The summed E-state index contributed by atoms with van der Waals surface area (Å²) in [5.74, 6) is -0.616. The molecule has 1 aliphatic carbocycles.